The molecule has 0 saturated carbocycles. The van der Waals surface area contributed by atoms with Crippen molar-refractivity contribution in [3.05, 3.63) is 38.3 Å². The van der Waals surface area contributed by atoms with Gasteiger partial charge in [0.15, 0.2) is 0 Å². The summed E-state index contributed by atoms with van der Waals surface area (Å²) in [5, 5.41) is 14.2. The lowest BCUT2D eigenvalue weighted by molar-refractivity contribution is -0.385. The molecule has 1 aromatic rings. The second-order valence-electron chi connectivity index (χ2n) is 4.63. The first-order valence-corrected chi connectivity index (χ1v) is 6.74. The van der Waals surface area contributed by atoms with E-state index in [0.717, 1.165) is 31.7 Å². The van der Waals surface area contributed by atoms with E-state index in [2.05, 4.69) is 33.1 Å². The summed E-state index contributed by atoms with van der Waals surface area (Å²) in [6, 6.07) is 5.81. The molecule has 1 fully saturated rings. The monoisotopic (exact) mass is 313 g/mol. The Morgan fingerprint density at radius 1 is 1.61 bits per heavy atom. The fraction of sp³-hybridized carbons (Fsp3) is 0.500. The van der Waals surface area contributed by atoms with E-state index in [-0.39, 0.29) is 10.6 Å². The van der Waals surface area contributed by atoms with Crippen LogP contribution in [0.2, 0.25) is 0 Å². The molecule has 0 unspecified atom stereocenters. The fourth-order valence-electron chi connectivity index (χ4n) is 2.21. The number of nitrogens with one attached hydrogen (secondary N) is 1. The summed E-state index contributed by atoms with van der Waals surface area (Å²) in [7, 11) is 0. The molecule has 6 heteroatoms. The number of piperazine rings is 1. The predicted octanol–water partition coefficient (Wildman–Crippen LogP) is 2.15. The highest BCUT2D eigenvalue weighted by atomic mass is 79.9. The Hall–Kier alpha value is -0.980. The molecule has 1 aromatic carbocycles. The van der Waals surface area contributed by atoms with Gasteiger partial charge in [-0.25, -0.2) is 0 Å². The molecule has 0 spiro atoms. The van der Waals surface area contributed by atoms with Crippen molar-refractivity contribution < 1.29 is 4.92 Å². The average Bonchev–Trinajstić information content (AvgIpc) is 2.31. The molecule has 5 nitrogen and oxygen atoms in total. The molecular formula is C12H16BrN3O2. The molecule has 2 rings (SSSR count). The molecule has 1 atom stereocenters. The molecule has 98 valence electrons. The Labute approximate surface area is 114 Å². The van der Waals surface area contributed by atoms with Gasteiger partial charge in [0.05, 0.1) is 9.40 Å². The number of nitrogens with zero attached hydrogens (tertiary/aromatic N) is 2. The van der Waals surface area contributed by atoms with Gasteiger partial charge < -0.3 is 5.32 Å². The van der Waals surface area contributed by atoms with Crippen molar-refractivity contribution in [2.45, 2.75) is 19.5 Å². The molecule has 1 N–H and O–H groups in total. The van der Waals surface area contributed by atoms with E-state index < -0.39 is 0 Å². The van der Waals surface area contributed by atoms with Gasteiger partial charge in [-0.15, -0.1) is 0 Å². The first kappa shape index (κ1) is 13.5. The smallest absolute Gasteiger partial charge is 0.283 e. The molecule has 0 radical (unpaired) electrons. The summed E-state index contributed by atoms with van der Waals surface area (Å²) in [5.74, 6) is 0. The number of hydrogen-bond donors (Lipinski definition) is 1. The van der Waals surface area contributed by atoms with E-state index in [1.54, 1.807) is 12.1 Å². The first-order chi connectivity index (χ1) is 8.56. The SMILES string of the molecule is C[C@@H]1CN(Cc2ccc(Br)c([N+](=O)[O-])c2)CCN1. The minimum absolute atomic E-state index is 0.135. The van der Waals surface area contributed by atoms with Gasteiger partial charge in [-0.2, -0.15) is 0 Å². The van der Waals surface area contributed by atoms with Gasteiger partial charge in [0, 0.05) is 38.3 Å². The van der Waals surface area contributed by atoms with Gasteiger partial charge in [-0.1, -0.05) is 6.07 Å². The van der Waals surface area contributed by atoms with Crippen molar-refractivity contribution >= 4 is 21.6 Å². The highest BCUT2D eigenvalue weighted by Gasteiger charge is 2.17. The molecule has 1 aliphatic rings. The van der Waals surface area contributed by atoms with Crippen molar-refractivity contribution in [1.29, 1.82) is 0 Å². The van der Waals surface area contributed by atoms with Crippen LogP contribution in [0.5, 0.6) is 0 Å². The number of hydrogen-bond acceptors (Lipinski definition) is 4. The zero-order chi connectivity index (χ0) is 13.1. The summed E-state index contributed by atoms with van der Waals surface area (Å²) in [4.78, 5) is 12.8. The number of benzene rings is 1. The van der Waals surface area contributed by atoms with Crippen LogP contribution in [0.3, 0.4) is 0 Å². The summed E-state index contributed by atoms with van der Waals surface area (Å²) in [6.45, 7) is 5.84. The standard InChI is InChI=1S/C12H16BrN3O2/c1-9-7-15(5-4-14-9)8-10-2-3-11(13)12(6-10)16(17)18/h2-3,6,9,14H,4-5,7-8H2,1H3/t9-/m1/s1. The van der Waals surface area contributed by atoms with E-state index in [9.17, 15) is 10.1 Å². The van der Waals surface area contributed by atoms with Gasteiger partial charge in [0.25, 0.3) is 5.69 Å². The zero-order valence-corrected chi connectivity index (χ0v) is 11.8. The van der Waals surface area contributed by atoms with E-state index in [1.165, 1.54) is 0 Å². The zero-order valence-electron chi connectivity index (χ0n) is 10.2. The number of rotatable bonds is 3. The number of nitro benzene ring substituents is 1. The third-order valence-electron chi connectivity index (χ3n) is 3.07. The normalized spacial score (nSPS) is 20.9. The largest absolute Gasteiger partial charge is 0.312 e. The number of nitro groups is 1. The summed E-state index contributed by atoms with van der Waals surface area (Å²) in [5.41, 5.74) is 1.12. The predicted molar refractivity (Wildman–Crippen MR) is 73.5 cm³/mol. The topological polar surface area (TPSA) is 58.4 Å². The second-order valence-corrected chi connectivity index (χ2v) is 5.49. The van der Waals surface area contributed by atoms with Crippen LogP contribution < -0.4 is 5.32 Å². The van der Waals surface area contributed by atoms with E-state index in [1.807, 2.05) is 6.07 Å². The maximum absolute atomic E-state index is 10.9. The van der Waals surface area contributed by atoms with E-state index in [0.29, 0.717) is 10.5 Å². The lowest BCUT2D eigenvalue weighted by atomic mass is 10.1. The van der Waals surface area contributed by atoms with Gasteiger partial charge in [0.1, 0.15) is 0 Å². The number of halogens is 1. The van der Waals surface area contributed by atoms with Crippen LogP contribution in [0.4, 0.5) is 5.69 Å². The highest BCUT2D eigenvalue weighted by Crippen LogP contribution is 2.26. The summed E-state index contributed by atoms with van der Waals surface area (Å²) < 4.78 is 0.532. The third kappa shape index (κ3) is 3.28. The van der Waals surface area contributed by atoms with Crippen LogP contribution in [-0.2, 0) is 6.54 Å². The van der Waals surface area contributed by atoms with Crippen molar-refractivity contribution in [2.75, 3.05) is 19.6 Å². The minimum atomic E-state index is -0.353. The Balaban J connectivity index is 2.09. The summed E-state index contributed by atoms with van der Waals surface area (Å²) in [6.07, 6.45) is 0. The molecule has 0 bridgehead atoms. The molecule has 1 saturated heterocycles. The molecule has 1 aliphatic heterocycles. The lowest BCUT2D eigenvalue weighted by Gasteiger charge is -2.31. The van der Waals surface area contributed by atoms with E-state index >= 15 is 0 Å². The van der Waals surface area contributed by atoms with Crippen LogP contribution in [-0.4, -0.2) is 35.5 Å². The maximum atomic E-state index is 10.9. The second kappa shape index (κ2) is 5.77. The Bertz CT molecular complexity index is 453. The quantitative estimate of drug-likeness (QED) is 0.686. The molecule has 0 amide bonds. The van der Waals surface area contributed by atoms with Crippen molar-refractivity contribution in [1.82, 2.24) is 10.2 Å². The van der Waals surface area contributed by atoms with Crippen molar-refractivity contribution in [2.24, 2.45) is 0 Å². The van der Waals surface area contributed by atoms with Gasteiger partial charge in [0.2, 0.25) is 0 Å². The third-order valence-corrected chi connectivity index (χ3v) is 3.74. The Kier molecular flexibility index (Phi) is 4.31. The Morgan fingerprint density at radius 3 is 3.06 bits per heavy atom. The molecule has 1 heterocycles. The highest BCUT2D eigenvalue weighted by molar-refractivity contribution is 9.10. The minimum Gasteiger partial charge on any atom is -0.312 e. The maximum Gasteiger partial charge on any atom is 0.283 e. The van der Waals surface area contributed by atoms with Gasteiger partial charge in [-0.05, 0) is 34.5 Å². The van der Waals surface area contributed by atoms with Crippen LogP contribution in [0.15, 0.2) is 22.7 Å². The summed E-state index contributed by atoms with van der Waals surface area (Å²) >= 11 is 3.20. The molecular weight excluding hydrogens is 298 g/mol. The van der Waals surface area contributed by atoms with Crippen LogP contribution in [0.1, 0.15) is 12.5 Å². The van der Waals surface area contributed by atoms with Crippen LogP contribution in [0.25, 0.3) is 0 Å². The van der Waals surface area contributed by atoms with Crippen molar-refractivity contribution in [3.8, 4) is 0 Å². The molecule has 0 aromatic heterocycles. The average molecular weight is 314 g/mol. The first-order valence-electron chi connectivity index (χ1n) is 5.95. The van der Waals surface area contributed by atoms with Crippen LogP contribution in [0, 0.1) is 10.1 Å². The fourth-order valence-corrected chi connectivity index (χ4v) is 2.60. The van der Waals surface area contributed by atoms with Gasteiger partial charge >= 0.3 is 0 Å². The van der Waals surface area contributed by atoms with Gasteiger partial charge in [-0.3, -0.25) is 15.0 Å². The van der Waals surface area contributed by atoms with Crippen molar-refractivity contribution in [3.63, 3.8) is 0 Å². The molecule has 18 heavy (non-hydrogen) atoms. The Morgan fingerprint density at radius 2 is 2.39 bits per heavy atom. The van der Waals surface area contributed by atoms with Crippen LogP contribution >= 0.6 is 15.9 Å². The molecule has 0 aliphatic carbocycles. The lowest BCUT2D eigenvalue weighted by Crippen LogP contribution is -2.48. The van der Waals surface area contributed by atoms with E-state index in [4.69, 9.17) is 0 Å².